The van der Waals surface area contributed by atoms with E-state index in [1.165, 1.54) is 48.8 Å². The molecule has 0 saturated heterocycles. The molecule has 3 aromatic heterocycles. The Labute approximate surface area is 329 Å². The quantitative estimate of drug-likeness (QED) is 0.156. The van der Waals surface area contributed by atoms with Gasteiger partial charge in [0.25, 0.3) is 0 Å². The summed E-state index contributed by atoms with van der Waals surface area (Å²) in [6.45, 7) is 9.13. The first-order chi connectivity index (χ1) is 25.5. The van der Waals surface area contributed by atoms with Crippen LogP contribution in [0.15, 0.2) is 152 Å². The zero-order valence-electron chi connectivity index (χ0n) is 30.2. The number of rotatable bonds is 6. The Hall–Kier alpha value is -5.19. The fourth-order valence-corrected chi connectivity index (χ4v) is 7.77. The van der Waals surface area contributed by atoms with Crippen LogP contribution in [-0.4, -0.2) is 14.5 Å². The molecule has 5 heteroatoms. The fraction of sp³-hybridized carbons (Fsp3) is 0.125. The molecule has 0 unspecified atom stereocenters. The van der Waals surface area contributed by atoms with E-state index in [9.17, 15) is 0 Å². The van der Waals surface area contributed by atoms with Crippen LogP contribution in [0.4, 0.5) is 0 Å². The Bertz CT molecular complexity index is 2570. The molecule has 53 heavy (non-hydrogen) atoms. The number of imidazole rings is 1. The van der Waals surface area contributed by atoms with E-state index in [1.54, 1.807) is 17.5 Å². The molecule has 0 atom stereocenters. The van der Waals surface area contributed by atoms with Crippen LogP contribution in [0.3, 0.4) is 0 Å². The fourth-order valence-electron chi connectivity index (χ4n) is 6.95. The number of thiophene rings is 1. The van der Waals surface area contributed by atoms with E-state index in [1.807, 2.05) is 42.5 Å². The van der Waals surface area contributed by atoms with Gasteiger partial charge in [0.05, 0.1) is 16.9 Å². The van der Waals surface area contributed by atoms with Crippen molar-refractivity contribution in [2.24, 2.45) is 0 Å². The van der Waals surface area contributed by atoms with Crippen LogP contribution in [0.2, 0.25) is 0 Å². The SMILES string of the molecule is CC(C)c1cccc(C(C)C)c1-n1c(-c2[c-]sc3ccc(-c4ccc5ccccc5c4)cc23)nc2ccccc21.[Ir].[c-]1ccccc1-c1ccccn1. The molecule has 3 nitrogen and oxygen atoms in total. The molecule has 6 aromatic carbocycles. The number of fused-ring (bicyclic) bond motifs is 3. The van der Waals surface area contributed by atoms with E-state index in [4.69, 9.17) is 4.98 Å². The zero-order chi connectivity index (χ0) is 35.6. The summed E-state index contributed by atoms with van der Waals surface area (Å²) >= 11 is 1.67. The molecule has 0 aliphatic rings. The molecule has 9 aromatic rings. The molecule has 0 aliphatic heterocycles. The van der Waals surface area contributed by atoms with Crippen molar-refractivity contribution in [1.29, 1.82) is 0 Å². The molecule has 0 N–H and O–H groups in total. The van der Waals surface area contributed by atoms with Gasteiger partial charge in [0, 0.05) is 32.0 Å². The molecule has 263 valence electrons. The number of hydrogen-bond donors (Lipinski definition) is 0. The van der Waals surface area contributed by atoms with Crippen LogP contribution in [0.25, 0.3) is 71.4 Å². The molecule has 0 amide bonds. The average molecular weight is 882 g/mol. The predicted octanol–water partition coefficient (Wildman–Crippen LogP) is 13.3. The van der Waals surface area contributed by atoms with Crippen LogP contribution < -0.4 is 0 Å². The Morgan fingerprint density at radius 2 is 1.34 bits per heavy atom. The standard InChI is InChI=1S/C37H31N2S.C11H8N.Ir/c1-23(2)29-12-9-13-30(24(3)4)36(29)39-34-15-8-7-14-33(34)38-37(39)32-22-40-35-19-18-28(21-31(32)35)27-17-16-25-10-5-6-11-26(25)20-27;1-2-6-10(7-3-1)11-8-4-5-9-12-11;/h5-21,23-24H,1-4H3;1-6,8-9H;/q2*-1;. The van der Waals surface area contributed by atoms with Crippen LogP contribution in [0.1, 0.15) is 50.7 Å². The number of para-hydroxylation sites is 3. The second-order valence-corrected chi connectivity index (χ2v) is 14.5. The van der Waals surface area contributed by atoms with E-state index < -0.39 is 0 Å². The van der Waals surface area contributed by atoms with Crippen molar-refractivity contribution >= 4 is 43.2 Å². The van der Waals surface area contributed by atoms with Gasteiger partial charge < -0.3 is 9.55 Å². The Kier molecular flexibility index (Phi) is 10.8. The van der Waals surface area contributed by atoms with Gasteiger partial charge in [-0.1, -0.05) is 140 Å². The van der Waals surface area contributed by atoms with E-state index in [2.05, 4.69) is 152 Å². The van der Waals surface area contributed by atoms with Gasteiger partial charge in [-0.25, -0.2) is 0 Å². The maximum Gasteiger partial charge on any atom is 0.0774 e. The van der Waals surface area contributed by atoms with Crippen molar-refractivity contribution < 1.29 is 20.1 Å². The van der Waals surface area contributed by atoms with Crippen LogP contribution in [0.5, 0.6) is 0 Å². The third kappa shape index (κ3) is 7.26. The van der Waals surface area contributed by atoms with E-state index in [0.29, 0.717) is 11.8 Å². The minimum absolute atomic E-state index is 0. The molecule has 0 aliphatic carbocycles. The second kappa shape index (κ2) is 15.8. The average Bonchev–Trinajstić information content (AvgIpc) is 3.79. The Balaban J connectivity index is 0.000000284. The van der Waals surface area contributed by atoms with Crippen molar-refractivity contribution in [2.75, 3.05) is 0 Å². The first-order valence-electron chi connectivity index (χ1n) is 17.9. The van der Waals surface area contributed by atoms with Gasteiger partial charge in [0.2, 0.25) is 0 Å². The van der Waals surface area contributed by atoms with Crippen molar-refractivity contribution in [1.82, 2.24) is 14.5 Å². The van der Waals surface area contributed by atoms with Crippen molar-refractivity contribution in [3.8, 4) is 39.5 Å². The Morgan fingerprint density at radius 1 is 0.642 bits per heavy atom. The number of hydrogen-bond acceptors (Lipinski definition) is 3. The first-order valence-corrected chi connectivity index (χ1v) is 18.7. The van der Waals surface area contributed by atoms with Crippen LogP contribution >= 0.6 is 11.3 Å². The predicted molar refractivity (Wildman–Crippen MR) is 220 cm³/mol. The Morgan fingerprint density at radius 3 is 2.08 bits per heavy atom. The maximum atomic E-state index is 5.26. The number of aromatic nitrogens is 3. The summed E-state index contributed by atoms with van der Waals surface area (Å²) in [7, 11) is 0. The minimum atomic E-state index is 0. The first kappa shape index (κ1) is 36.2. The summed E-state index contributed by atoms with van der Waals surface area (Å²) in [4.78, 5) is 9.48. The van der Waals surface area contributed by atoms with Gasteiger partial charge in [-0.05, 0) is 74.8 Å². The van der Waals surface area contributed by atoms with E-state index in [0.717, 1.165) is 33.7 Å². The topological polar surface area (TPSA) is 30.7 Å². The van der Waals surface area contributed by atoms with Crippen LogP contribution in [-0.2, 0) is 20.1 Å². The second-order valence-electron chi connectivity index (χ2n) is 13.7. The van der Waals surface area contributed by atoms with E-state index >= 15 is 0 Å². The maximum absolute atomic E-state index is 5.26. The largest absolute Gasteiger partial charge is 0.333 e. The van der Waals surface area contributed by atoms with Crippen molar-refractivity contribution in [3.63, 3.8) is 0 Å². The number of benzene rings is 6. The normalized spacial score (nSPS) is 11.2. The van der Waals surface area contributed by atoms with Gasteiger partial charge in [0.1, 0.15) is 0 Å². The van der Waals surface area contributed by atoms with Crippen molar-refractivity contribution in [2.45, 2.75) is 39.5 Å². The molecule has 0 spiro atoms. The number of nitrogens with zero attached hydrogens (tertiary/aromatic N) is 3. The summed E-state index contributed by atoms with van der Waals surface area (Å²) in [5, 5.41) is 7.37. The summed E-state index contributed by atoms with van der Waals surface area (Å²) < 4.78 is 3.63. The molecule has 3 heterocycles. The summed E-state index contributed by atoms with van der Waals surface area (Å²) in [6.07, 6.45) is 1.79. The van der Waals surface area contributed by atoms with Crippen LogP contribution in [0, 0.1) is 11.4 Å². The monoisotopic (exact) mass is 882 g/mol. The molecular formula is C48H39IrN3S-2. The van der Waals surface area contributed by atoms with Gasteiger partial charge in [-0.2, -0.15) is 0 Å². The van der Waals surface area contributed by atoms with Crippen molar-refractivity contribution in [3.05, 3.63) is 174 Å². The molecule has 1 radical (unpaired) electrons. The summed E-state index contributed by atoms with van der Waals surface area (Å²) in [5.41, 5.74) is 11.6. The third-order valence-corrected chi connectivity index (χ3v) is 10.5. The van der Waals surface area contributed by atoms with Gasteiger partial charge in [0.15, 0.2) is 0 Å². The third-order valence-electron chi connectivity index (χ3n) is 9.60. The molecule has 9 rings (SSSR count). The molecule has 0 fully saturated rings. The molecule has 0 saturated carbocycles. The van der Waals surface area contributed by atoms with Gasteiger partial charge in [-0.3, -0.25) is 16.3 Å². The van der Waals surface area contributed by atoms with E-state index in [-0.39, 0.29) is 20.1 Å². The zero-order valence-corrected chi connectivity index (χ0v) is 33.4. The van der Waals surface area contributed by atoms with Gasteiger partial charge >= 0.3 is 0 Å². The summed E-state index contributed by atoms with van der Waals surface area (Å²) in [5.74, 6) is 1.72. The molecular weight excluding hydrogens is 843 g/mol. The van der Waals surface area contributed by atoms with Gasteiger partial charge in [-0.15, -0.1) is 41.3 Å². The molecule has 0 bridgehead atoms. The minimum Gasteiger partial charge on any atom is -0.333 e. The summed E-state index contributed by atoms with van der Waals surface area (Å²) in [6, 6.07) is 54.1. The number of pyridine rings is 1. The smallest absolute Gasteiger partial charge is 0.0774 e.